The van der Waals surface area contributed by atoms with Gasteiger partial charge in [-0.2, -0.15) is 0 Å². The SMILES string of the molecule is CCCCCCCCC(=O)OC(C/C=C/CCCCCCCC=O)CCCCCC. The van der Waals surface area contributed by atoms with Gasteiger partial charge in [0, 0.05) is 19.3 Å². The van der Waals surface area contributed by atoms with Gasteiger partial charge in [-0.25, -0.2) is 0 Å². The van der Waals surface area contributed by atoms with Crippen LogP contribution in [0.4, 0.5) is 0 Å². The predicted octanol–water partition coefficient (Wildman–Crippen LogP) is 8.50. The van der Waals surface area contributed by atoms with Crippen LogP contribution >= 0.6 is 0 Å². The van der Waals surface area contributed by atoms with Crippen LogP contribution in [0, 0.1) is 0 Å². The largest absolute Gasteiger partial charge is 0.462 e. The number of carbonyl (C=O) groups is 2. The predicted molar refractivity (Wildman–Crippen MR) is 129 cm³/mol. The van der Waals surface area contributed by atoms with Crippen molar-refractivity contribution in [3.8, 4) is 0 Å². The van der Waals surface area contributed by atoms with Crippen LogP contribution in [0.2, 0.25) is 0 Å². The third kappa shape index (κ3) is 21.6. The molecule has 0 aliphatic heterocycles. The first-order chi connectivity index (χ1) is 14.7. The normalized spacial score (nSPS) is 12.3. The van der Waals surface area contributed by atoms with E-state index in [1.54, 1.807) is 0 Å². The fraction of sp³-hybridized carbons (Fsp3) is 0.852. The minimum Gasteiger partial charge on any atom is -0.462 e. The minimum atomic E-state index is -0.00490. The van der Waals surface area contributed by atoms with E-state index in [1.165, 1.54) is 64.2 Å². The molecule has 0 aromatic carbocycles. The number of hydrogen-bond acceptors (Lipinski definition) is 3. The van der Waals surface area contributed by atoms with Gasteiger partial charge in [-0.3, -0.25) is 4.79 Å². The van der Waals surface area contributed by atoms with Gasteiger partial charge in [0.05, 0.1) is 0 Å². The molecule has 0 amide bonds. The molecular formula is C27H50O3. The number of carbonyl (C=O) groups excluding carboxylic acids is 2. The Hall–Kier alpha value is -1.12. The average molecular weight is 423 g/mol. The van der Waals surface area contributed by atoms with E-state index >= 15 is 0 Å². The molecule has 0 saturated heterocycles. The van der Waals surface area contributed by atoms with Crippen LogP contribution < -0.4 is 0 Å². The van der Waals surface area contributed by atoms with Crippen LogP contribution in [0.1, 0.15) is 142 Å². The van der Waals surface area contributed by atoms with Gasteiger partial charge in [0.2, 0.25) is 0 Å². The number of allylic oxidation sites excluding steroid dienone is 1. The van der Waals surface area contributed by atoms with Crippen LogP contribution in [-0.2, 0) is 14.3 Å². The lowest BCUT2D eigenvalue weighted by molar-refractivity contribution is -0.149. The van der Waals surface area contributed by atoms with E-state index in [2.05, 4.69) is 26.0 Å². The van der Waals surface area contributed by atoms with Crippen molar-refractivity contribution < 1.29 is 14.3 Å². The van der Waals surface area contributed by atoms with Gasteiger partial charge in [0.25, 0.3) is 0 Å². The third-order valence-corrected chi connectivity index (χ3v) is 5.67. The molecule has 0 bridgehead atoms. The van der Waals surface area contributed by atoms with Crippen LogP contribution in [0.15, 0.2) is 12.2 Å². The highest BCUT2D eigenvalue weighted by Gasteiger charge is 2.13. The molecule has 3 heteroatoms. The lowest BCUT2D eigenvalue weighted by Crippen LogP contribution is -2.17. The lowest BCUT2D eigenvalue weighted by atomic mass is 10.1. The summed E-state index contributed by atoms with van der Waals surface area (Å²) in [6.07, 6.45) is 27.7. The molecule has 0 aliphatic rings. The van der Waals surface area contributed by atoms with Crippen molar-refractivity contribution in [1.29, 1.82) is 0 Å². The maximum absolute atomic E-state index is 12.2. The number of hydrogen-bond donors (Lipinski definition) is 0. The Kier molecular flexibility index (Phi) is 23.3. The fourth-order valence-corrected chi connectivity index (χ4v) is 3.70. The lowest BCUT2D eigenvalue weighted by Gasteiger charge is -2.16. The zero-order chi connectivity index (χ0) is 22.1. The highest BCUT2D eigenvalue weighted by atomic mass is 16.5. The van der Waals surface area contributed by atoms with Crippen molar-refractivity contribution in [1.82, 2.24) is 0 Å². The van der Waals surface area contributed by atoms with Crippen molar-refractivity contribution in [2.75, 3.05) is 0 Å². The molecule has 0 rings (SSSR count). The number of ether oxygens (including phenoxy) is 1. The molecule has 0 spiro atoms. The number of unbranched alkanes of at least 4 members (excludes halogenated alkanes) is 14. The van der Waals surface area contributed by atoms with Gasteiger partial charge in [0.1, 0.15) is 12.4 Å². The summed E-state index contributed by atoms with van der Waals surface area (Å²) >= 11 is 0. The Morgan fingerprint density at radius 2 is 1.27 bits per heavy atom. The second kappa shape index (κ2) is 24.2. The molecule has 0 aromatic rings. The second-order valence-corrected chi connectivity index (χ2v) is 8.70. The summed E-state index contributed by atoms with van der Waals surface area (Å²) in [5.74, 6) is -0.00490. The number of aldehydes is 1. The van der Waals surface area contributed by atoms with Crippen LogP contribution in [0.25, 0.3) is 0 Å². The van der Waals surface area contributed by atoms with Crippen molar-refractivity contribution >= 4 is 12.3 Å². The second-order valence-electron chi connectivity index (χ2n) is 8.70. The van der Waals surface area contributed by atoms with E-state index in [-0.39, 0.29) is 12.1 Å². The Morgan fingerprint density at radius 3 is 1.93 bits per heavy atom. The smallest absolute Gasteiger partial charge is 0.306 e. The minimum absolute atomic E-state index is 0.00490. The van der Waals surface area contributed by atoms with Gasteiger partial charge >= 0.3 is 5.97 Å². The highest BCUT2D eigenvalue weighted by Crippen LogP contribution is 2.15. The average Bonchev–Trinajstić information content (AvgIpc) is 2.74. The molecule has 1 atom stereocenters. The van der Waals surface area contributed by atoms with Gasteiger partial charge < -0.3 is 9.53 Å². The summed E-state index contributed by atoms with van der Waals surface area (Å²) in [7, 11) is 0. The first kappa shape index (κ1) is 28.9. The molecule has 1 unspecified atom stereocenters. The Balaban J connectivity index is 4.02. The molecule has 0 saturated carbocycles. The molecular weight excluding hydrogens is 372 g/mol. The fourth-order valence-electron chi connectivity index (χ4n) is 3.70. The quantitative estimate of drug-likeness (QED) is 0.0717. The van der Waals surface area contributed by atoms with Crippen LogP contribution in [0.5, 0.6) is 0 Å². The first-order valence-electron chi connectivity index (χ1n) is 13.0. The zero-order valence-corrected chi connectivity index (χ0v) is 20.2. The van der Waals surface area contributed by atoms with Crippen molar-refractivity contribution in [2.24, 2.45) is 0 Å². The molecule has 0 N–H and O–H groups in total. The highest BCUT2D eigenvalue weighted by molar-refractivity contribution is 5.69. The van der Waals surface area contributed by atoms with E-state index in [0.29, 0.717) is 12.8 Å². The van der Waals surface area contributed by atoms with Crippen LogP contribution in [-0.4, -0.2) is 18.4 Å². The van der Waals surface area contributed by atoms with E-state index < -0.39 is 0 Å². The van der Waals surface area contributed by atoms with Crippen molar-refractivity contribution in [3.63, 3.8) is 0 Å². The molecule has 3 nitrogen and oxygen atoms in total. The van der Waals surface area contributed by atoms with Crippen LogP contribution in [0.3, 0.4) is 0 Å². The number of rotatable bonds is 23. The summed E-state index contributed by atoms with van der Waals surface area (Å²) in [6, 6.07) is 0. The van der Waals surface area contributed by atoms with Crippen molar-refractivity contribution in [3.05, 3.63) is 12.2 Å². The van der Waals surface area contributed by atoms with E-state index in [4.69, 9.17) is 4.74 Å². The molecule has 0 aliphatic carbocycles. The Labute approximate surface area is 187 Å². The summed E-state index contributed by atoms with van der Waals surface area (Å²) in [5, 5.41) is 0. The van der Waals surface area contributed by atoms with Gasteiger partial charge in [-0.1, -0.05) is 96.6 Å². The molecule has 0 radical (unpaired) electrons. The van der Waals surface area contributed by atoms with E-state index in [1.807, 2.05) is 0 Å². The zero-order valence-electron chi connectivity index (χ0n) is 20.2. The van der Waals surface area contributed by atoms with E-state index in [9.17, 15) is 9.59 Å². The molecule has 0 fully saturated rings. The maximum atomic E-state index is 12.2. The van der Waals surface area contributed by atoms with Gasteiger partial charge in [0.15, 0.2) is 0 Å². The van der Waals surface area contributed by atoms with Gasteiger partial charge in [-0.15, -0.1) is 0 Å². The molecule has 0 aromatic heterocycles. The number of esters is 1. The standard InChI is InChI=1S/C27H50O3/c1-3-5-7-9-16-20-24-27(29)30-26(22-18-8-6-4-2)23-19-15-13-11-10-12-14-17-21-25-28/h15,19,25-26H,3-14,16-18,20-24H2,1-2H3/b19-15+. The molecule has 0 heterocycles. The topological polar surface area (TPSA) is 43.4 Å². The molecule has 176 valence electrons. The maximum Gasteiger partial charge on any atom is 0.306 e. The summed E-state index contributed by atoms with van der Waals surface area (Å²) < 4.78 is 5.82. The van der Waals surface area contributed by atoms with Gasteiger partial charge in [-0.05, 0) is 38.5 Å². The van der Waals surface area contributed by atoms with Crippen molar-refractivity contribution in [2.45, 2.75) is 148 Å². The summed E-state index contributed by atoms with van der Waals surface area (Å²) in [4.78, 5) is 22.5. The summed E-state index contributed by atoms with van der Waals surface area (Å²) in [5.41, 5.74) is 0. The molecule has 30 heavy (non-hydrogen) atoms. The summed E-state index contributed by atoms with van der Waals surface area (Å²) in [6.45, 7) is 4.45. The monoisotopic (exact) mass is 422 g/mol. The Morgan fingerprint density at radius 1 is 0.700 bits per heavy atom. The first-order valence-corrected chi connectivity index (χ1v) is 13.0. The Bertz CT molecular complexity index is 403. The van der Waals surface area contributed by atoms with E-state index in [0.717, 1.165) is 57.7 Å². The third-order valence-electron chi connectivity index (χ3n) is 5.67.